The number of carbonyl (C=O) groups excluding carboxylic acids is 1. The monoisotopic (exact) mass is 592 g/mol. The van der Waals surface area contributed by atoms with Gasteiger partial charge in [0.1, 0.15) is 43.0 Å². The van der Waals surface area contributed by atoms with Crippen molar-refractivity contribution in [2.24, 2.45) is 23.1 Å². The lowest BCUT2D eigenvalue weighted by Crippen LogP contribution is -2.68. The van der Waals surface area contributed by atoms with Crippen LogP contribution in [0.3, 0.4) is 0 Å². The summed E-state index contributed by atoms with van der Waals surface area (Å²) in [6.07, 6.45) is -7.79. The first kappa shape index (κ1) is 34.0. The van der Waals surface area contributed by atoms with Gasteiger partial charge >= 0.3 is 0 Å². The number of carbonyl (C=O) groups is 1. The lowest BCUT2D eigenvalue weighted by Gasteiger charge is -2.48. The fourth-order valence-corrected chi connectivity index (χ4v) is 5.27. The van der Waals surface area contributed by atoms with Gasteiger partial charge in [-0.25, -0.2) is 0 Å². The zero-order chi connectivity index (χ0) is 30.5. The molecular weight excluding hydrogens is 544 g/mol. The fraction of sp³-hybridized carbons (Fsp3) is 0.920. The summed E-state index contributed by atoms with van der Waals surface area (Å²) in [6.45, 7) is 2.91. The van der Waals surface area contributed by atoms with Crippen molar-refractivity contribution in [3.63, 3.8) is 0 Å². The van der Waals surface area contributed by atoms with Crippen molar-refractivity contribution in [3.8, 4) is 0 Å². The van der Waals surface area contributed by atoms with E-state index in [0.29, 0.717) is 12.8 Å². The summed E-state index contributed by atoms with van der Waals surface area (Å²) in [6, 6.07) is -2.27. The molecular formula is C25H48N6O10. The second-order valence-electron chi connectivity index (χ2n) is 11.5. The molecule has 3 aliphatic rings. The summed E-state index contributed by atoms with van der Waals surface area (Å²) < 4.78 is 23.7. The largest absolute Gasteiger partial charge is 0.388 e. The Hall–Kier alpha value is -1.54. The predicted molar refractivity (Wildman–Crippen MR) is 144 cm³/mol. The molecule has 0 aromatic rings. The van der Waals surface area contributed by atoms with Crippen molar-refractivity contribution < 1.29 is 49.3 Å². The van der Waals surface area contributed by atoms with Gasteiger partial charge in [-0.3, -0.25) is 10.2 Å². The SMILES string of the molecule is C[C@@H]1C(O)[C@@H](OC2C(O)C(O[C@H]3O[C@H](CNC(=N)CO)CCC3N)[C@@H](N)C[C@H]2NC(=O)[C@@H](O)CCN)OCC1(C)O. The van der Waals surface area contributed by atoms with Crippen molar-refractivity contribution in [2.45, 2.75) is 112 Å². The van der Waals surface area contributed by atoms with Crippen LogP contribution in [0.1, 0.15) is 39.5 Å². The first-order chi connectivity index (χ1) is 19.3. The Labute approximate surface area is 239 Å². The Morgan fingerprint density at radius 2 is 1.83 bits per heavy atom. The molecule has 0 aromatic heterocycles. The number of rotatable bonds is 11. The van der Waals surface area contributed by atoms with Crippen LogP contribution in [0.15, 0.2) is 0 Å². The van der Waals surface area contributed by atoms with E-state index in [9.17, 15) is 25.2 Å². The highest BCUT2D eigenvalue weighted by Gasteiger charge is 2.51. The molecule has 16 nitrogen and oxygen atoms in total. The smallest absolute Gasteiger partial charge is 0.249 e. The van der Waals surface area contributed by atoms with Gasteiger partial charge in [0, 0.05) is 18.5 Å². The van der Waals surface area contributed by atoms with Gasteiger partial charge in [-0.15, -0.1) is 0 Å². The second-order valence-corrected chi connectivity index (χ2v) is 11.5. The van der Waals surface area contributed by atoms with E-state index in [1.807, 2.05) is 0 Å². The molecule has 0 aromatic carbocycles. The van der Waals surface area contributed by atoms with Crippen LogP contribution in [-0.2, 0) is 23.7 Å². The van der Waals surface area contributed by atoms with E-state index < -0.39 is 85.3 Å². The predicted octanol–water partition coefficient (Wildman–Crippen LogP) is -4.46. The maximum atomic E-state index is 12.6. The third kappa shape index (κ3) is 8.52. The van der Waals surface area contributed by atoms with Gasteiger partial charge in [0.25, 0.3) is 0 Å². The van der Waals surface area contributed by atoms with Crippen LogP contribution in [0.5, 0.6) is 0 Å². The number of hydrogen-bond acceptors (Lipinski definition) is 14. The zero-order valence-corrected chi connectivity index (χ0v) is 23.6. The molecule has 238 valence electrons. The Balaban J connectivity index is 1.77. The molecule has 0 bridgehead atoms. The van der Waals surface area contributed by atoms with Crippen molar-refractivity contribution in [1.82, 2.24) is 10.6 Å². The minimum atomic E-state index is -1.46. The fourth-order valence-electron chi connectivity index (χ4n) is 5.27. The molecule has 13 atom stereocenters. The minimum absolute atomic E-state index is 0.0200. The van der Waals surface area contributed by atoms with Gasteiger partial charge in [-0.1, -0.05) is 6.92 Å². The van der Waals surface area contributed by atoms with Crippen LogP contribution in [0.2, 0.25) is 0 Å². The molecule has 1 amide bonds. The Kier molecular flexibility index (Phi) is 12.2. The number of nitrogens with two attached hydrogens (primary N) is 3. The molecule has 3 fully saturated rings. The molecule has 2 saturated heterocycles. The van der Waals surface area contributed by atoms with Crippen LogP contribution in [-0.4, -0.2) is 137 Å². The maximum absolute atomic E-state index is 12.6. The van der Waals surface area contributed by atoms with Gasteiger partial charge in [-0.2, -0.15) is 0 Å². The summed E-state index contributed by atoms with van der Waals surface area (Å²) >= 11 is 0. The van der Waals surface area contributed by atoms with Crippen molar-refractivity contribution in [1.29, 1.82) is 5.41 Å². The molecule has 0 radical (unpaired) electrons. The van der Waals surface area contributed by atoms with E-state index in [1.54, 1.807) is 6.92 Å². The molecule has 1 aliphatic carbocycles. The lowest BCUT2D eigenvalue weighted by atomic mass is 9.82. The molecule has 2 heterocycles. The zero-order valence-electron chi connectivity index (χ0n) is 23.6. The maximum Gasteiger partial charge on any atom is 0.249 e. The van der Waals surface area contributed by atoms with Crippen LogP contribution in [0, 0.1) is 11.3 Å². The third-order valence-corrected chi connectivity index (χ3v) is 8.18. The molecule has 14 N–H and O–H groups in total. The molecule has 3 rings (SSSR count). The minimum Gasteiger partial charge on any atom is -0.388 e. The number of aliphatic hydroxyl groups is 5. The summed E-state index contributed by atoms with van der Waals surface area (Å²) in [7, 11) is 0. The number of hydrogen-bond donors (Lipinski definition) is 11. The van der Waals surface area contributed by atoms with Crippen molar-refractivity contribution >= 4 is 11.7 Å². The Bertz CT molecular complexity index is 871. The first-order valence-corrected chi connectivity index (χ1v) is 14.1. The highest BCUT2D eigenvalue weighted by molar-refractivity contribution is 5.81. The second kappa shape index (κ2) is 14.8. The normalized spacial score (nSPS) is 42.3. The van der Waals surface area contributed by atoms with Crippen molar-refractivity contribution in [2.75, 3.05) is 26.3 Å². The standard InChI is InChI=1S/C25H48N6O10/c1-11-18(34)24(38-10-25(11,2)37)41-21-15(31-22(36)16(33)5-6-26)7-14(28)20(19(21)35)40-23-13(27)4-3-12(39-23)8-30-17(29)9-32/h11-16,18-21,23-24,32-35,37H,3-10,26-28H2,1-2H3,(H2,29,30)(H,31,36)/t11-,12+,13?,14+,15-,16+,18?,19?,20?,21?,23-,24-,25?/m1/s1. The molecule has 16 heteroatoms. The molecule has 41 heavy (non-hydrogen) atoms. The number of ether oxygens (including phenoxy) is 4. The highest BCUT2D eigenvalue weighted by atomic mass is 16.7. The van der Waals surface area contributed by atoms with E-state index >= 15 is 0 Å². The average molecular weight is 593 g/mol. The third-order valence-electron chi connectivity index (χ3n) is 8.18. The summed E-state index contributed by atoms with van der Waals surface area (Å²) in [5, 5.41) is 65.0. The number of nitrogens with one attached hydrogen (secondary N) is 3. The summed E-state index contributed by atoms with van der Waals surface area (Å²) in [5.41, 5.74) is 16.8. The van der Waals surface area contributed by atoms with Gasteiger partial charge < -0.3 is 72.3 Å². The van der Waals surface area contributed by atoms with Crippen LogP contribution >= 0.6 is 0 Å². The summed E-state index contributed by atoms with van der Waals surface area (Å²) in [4.78, 5) is 12.6. The van der Waals surface area contributed by atoms with E-state index in [4.69, 9.17) is 46.7 Å². The molecule has 6 unspecified atom stereocenters. The Morgan fingerprint density at radius 1 is 1.15 bits per heavy atom. The molecule has 1 saturated carbocycles. The van der Waals surface area contributed by atoms with Gasteiger partial charge in [0.2, 0.25) is 5.91 Å². The van der Waals surface area contributed by atoms with Crippen LogP contribution in [0.4, 0.5) is 0 Å². The number of amidine groups is 1. The quantitative estimate of drug-likeness (QED) is 0.0797. The Morgan fingerprint density at radius 3 is 2.49 bits per heavy atom. The number of amides is 1. The average Bonchev–Trinajstić information content (AvgIpc) is 2.93. The van der Waals surface area contributed by atoms with E-state index in [-0.39, 0.29) is 44.5 Å². The van der Waals surface area contributed by atoms with Gasteiger partial charge in [0.15, 0.2) is 12.6 Å². The van der Waals surface area contributed by atoms with Gasteiger partial charge in [-0.05, 0) is 39.2 Å². The number of aliphatic hydroxyl groups excluding tert-OH is 4. The lowest BCUT2D eigenvalue weighted by molar-refractivity contribution is -0.314. The summed E-state index contributed by atoms with van der Waals surface area (Å²) in [5.74, 6) is -1.42. The van der Waals surface area contributed by atoms with E-state index in [2.05, 4.69) is 10.6 Å². The molecule has 2 aliphatic heterocycles. The van der Waals surface area contributed by atoms with Crippen LogP contribution in [0.25, 0.3) is 0 Å². The van der Waals surface area contributed by atoms with Gasteiger partial charge in [0.05, 0.1) is 30.4 Å². The highest BCUT2D eigenvalue weighted by Crippen LogP contribution is 2.34. The van der Waals surface area contributed by atoms with E-state index in [1.165, 1.54) is 6.92 Å². The van der Waals surface area contributed by atoms with Crippen LogP contribution < -0.4 is 27.8 Å². The first-order valence-electron chi connectivity index (χ1n) is 14.1. The topological polar surface area (TPSA) is 281 Å². The van der Waals surface area contributed by atoms with Crippen molar-refractivity contribution in [3.05, 3.63) is 0 Å². The van der Waals surface area contributed by atoms with E-state index in [0.717, 1.165) is 0 Å². The molecule has 0 spiro atoms.